The lowest BCUT2D eigenvalue weighted by molar-refractivity contribution is -0.138. The summed E-state index contributed by atoms with van der Waals surface area (Å²) in [5.74, 6) is -1.33. The topological polar surface area (TPSA) is 104 Å². The summed E-state index contributed by atoms with van der Waals surface area (Å²) in [5, 5.41) is -0.534. The lowest BCUT2D eigenvalue weighted by Crippen LogP contribution is -2.46. The Hall–Kier alpha value is -3.43. The number of carbonyl (C=O) groups excluding carboxylic acids is 3. The van der Waals surface area contributed by atoms with Gasteiger partial charge in [-0.2, -0.15) is 4.31 Å². The summed E-state index contributed by atoms with van der Waals surface area (Å²) in [4.78, 5) is 44.9. The van der Waals surface area contributed by atoms with Crippen molar-refractivity contribution in [3.05, 3.63) is 72.4 Å². The van der Waals surface area contributed by atoms with E-state index in [4.69, 9.17) is 0 Å². The van der Waals surface area contributed by atoms with Gasteiger partial charge in [0.2, 0.25) is 11.0 Å². The minimum Gasteiger partial charge on any atom is -0.330 e. The maximum Gasteiger partial charge on any atom is 0.264 e. The zero-order chi connectivity index (χ0) is 27.0. The molecule has 8 nitrogen and oxygen atoms in total. The van der Waals surface area contributed by atoms with Crippen LogP contribution in [0.3, 0.4) is 0 Å². The Morgan fingerprint density at radius 1 is 1.05 bits per heavy atom. The van der Waals surface area contributed by atoms with Crippen molar-refractivity contribution in [2.24, 2.45) is 10.9 Å². The molecule has 2 saturated heterocycles. The number of benzene rings is 2. The first-order valence-electron chi connectivity index (χ1n) is 12.9. The second-order valence-corrected chi connectivity index (χ2v) is 12.3. The van der Waals surface area contributed by atoms with Crippen molar-refractivity contribution >= 4 is 32.5 Å². The van der Waals surface area contributed by atoms with Crippen molar-refractivity contribution in [3.63, 3.8) is 0 Å². The first-order chi connectivity index (χ1) is 18.2. The third kappa shape index (κ3) is 4.76. The molecule has 3 aliphatic rings. The maximum atomic E-state index is 14.0. The van der Waals surface area contributed by atoms with Crippen LogP contribution in [0.15, 0.2) is 71.9 Å². The molecule has 1 amide bonds. The van der Waals surface area contributed by atoms with E-state index < -0.39 is 38.9 Å². The number of ketones is 2. The lowest BCUT2D eigenvalue weighted by atomic mass is 9.87. The molecule has 0 spiro atoms. The average molecular weight is 534 g/mol. The van der Waals surface area contributed by atoms with Gasteiger partial charge in [0.1, 0.15) is 6.04 Å². The van der Waals surface area contributed by atoms with E-state index in [1.807, 2.05) is 54.6 Å². The molecule has 0 aromatic heterocycles. The van der Waals surface area contributed by atoms with E-state index in [-0.39, 0.29) is 37.1 Å². The van der Waals surface area contributed by atoms with Gasteiger partial charge in [-0.05, 0) is 35.4 Å². The van der Waals surface area contributed by atoms with Crippen LogP contribution in [-0.4, -0.2) is 65.3 Å². The second kappa shape index (κ2) is 10.4. The molecule has 0 N–H and O–H groups in total. The monoisotopic (exact) mass is 533 g/mol. The van der Waals surface area contributed by atoms with E-state index in [1.165, 1.54) is 12.3 Å². The SMILES string of the molecule is CC(C)CC(C(=O)N1CCC2C1C(=O)CN2S(=O)(=O)C1=NC=CCC1=O)c1cccc(-c2ccccc2)c1. The number of hydrogen-bond donors (Lipinski definition) is 0. The number of aliphatic imine (C=N–C) groups is 1. The Labute approximate surface area is 223 Å². The predicted molar refractivity (Wildman–Crippen MR) is 145 cm³/mol. The third-order valence-electron chi connectivity index (χ3n) is 7.45. The molecule has 2 fully saturated rings. The molecular formula is C29H31N3O5S. The number of carbonyl (C=O) groups is 3. The fourth-order valence-corrected chi connectivity index (χ4v) is 7.38. The zero-order valence-corrected chi connectivity index (χ0v) is 22.3. The van der Waals surface area contributed by atoms with Crippen molar-refractivity contribution in [2.75, 3.05) is 13.1 Å². The first kappa shape index (κ1) is 26.2. The van der Waals surface area contributed by atoms with E-state index in [0.717, 1.165) is 21.0 Å². The van der Waals surface area contributed by atoms with Gasteiger partial charge in [0.25, 0.3) is 10.0 Å². The fourth-order valence-electron chi connectivity index (χ4n) is 5.72. The summed E-state index contributed by atoms with van der Waals surface area (Å²) >= 11 is 0. The predicted octanol–water partition coefficient (Wildman–Crippen LogP) is 3.55. The Kier molecular flexibility index (Phi) is 7.15. The molecule has 9 heteroatoms. The average Bonchev–Trinajstić information content (AvgIpc) is 3.49. The summed E-state index contributed by atoms with van der Waals surface area (Å²) in [5.41, 5.74) is 2.93. The van der Waals surface area contributed by atoms with Crippen LogP contribution >= 0.6 is 0 Å². The van der Waals surface area contributed by atoms with Crippen molar-refractivity contribution in [1.82, 2.24) is 9.21 Å². The van der Waals surface area contributed by atoms with Gasteiger partial charge in [0, 0.05) is 19.2 Å². The quantitative estimate of drug-likeness (QED) is 0.565. The van der Waals surface area contributed by atoms with Crippen LogP contribution in [0.1, 0.15) is 44.6 Å². The van der Waals surface area contributed by atoms with Gasteiger partial charge in [-0.1, -0.05) is 74.5 Å². The Bertz CT molecular complexity index is 1430. The number of nitrogens with zero attached hydrogens (tertiary/aromatic N) is 3. The minimum absolute atomic E-state index is 0.0442. The molecule has 38 heavy (non-hydrogen) atoms. The third-order valence-corrected chi connectivity index (χ3v) is 9.29. The summed E-state index contributed by atoms with van der Waals surface area (Å²) in [6.07, 6.45) is 3.68. The van der Waals surface area contributed by atoms with Gasteiger partial charge in [-0.3, -0.25) is 14.4 Å². The molecule has 0 radical (unpaired) electrons. The van der Waals surface area contributed by atoms with Crippen LogP contribution in [0.4, 0.5) is 0 Å². The van der Waals surface area contributed by atoms with Gasteiger partial charge in [-0.15, -0.1) is 0 Å². The van der Waals surface area contributed by atoms with Crippen LogP contribution in [-0.2, 0) is 24.4 Å². The number of fused-ring (bicyclic) bond motifs is 1. The van der Waals surface area contributed by atoms with E-state index in [1.54, 1.807) is 4.90 Å². The van der Waals surface area contributed by atoms with E-state index in [2.05, 4.69) is 18.8 Å². The summed E-state index contributed by atoms with van der Waals surface area (Å²) in [7, 11) is -4.25. The molecule has 3 heterocycles. The van der Waals surface area contributed by atoms with Crippen LogP contribution in [0.2, 0.25) is 0 Å². The highest BCUT2D eigenvalue weighted by atomic mass is 32.2. The van der Waals surface area contributed by atoms with Crippen molar-refractivity contribution in [2.45, 2.75) is 51.1 Å². The maximum absolute atomic E-state index is 14.0. The molecule has 2 aromatic rings. The van der Waals surface area contributed by atoms with Gasteiger partial charge < -0.3 is 4.90 Å². The van der Waals surface area contributed by atoms with Crippen LogP contribution in [0.25, 0.3) is 11.1 Å². The highest BCUT2D eigenvalue weighted by molar-refractivity contribution is 8.06. The smallest absolute Gasteiger partial charge is 0.264 e. The molecule has 198 valence electrons. The van der Waals surface area contributed by atoms with Crippen LogP contribution in [0.5, 0.6) is 0 Å². The molecule has 0 bridgehead atoms. The molecule has 2 aromatic carbocycles. The van der Waals surface area contributed by atoms with Crippen molar-refractivity contribution in [1.29, 1.82) is 0 Å². The van der Waals surface area contributed by atoms with Gasteiger partial charge in [0.05, 0.1) is 18.5 Å². The van der Waals surface area contributed by atoms with E-state index >= 15 is 0 Å². The van der Waals surface area contributed by atoms with Crippen LogP contribution in [0, 0.1) is 5.92 Å². The molecule has 3 aliphatic heterocycles. The Morgan fingerprint density at radius 3 is 2.50 bits per heavy atom. The number of allylic oxidation sites excluding steroid dienone is 1. The molecule has 3 unspecified atom stereocenters. The highest BCUT2D eigenvalue weighted by Crippen LogP contribution is 2.37. The standard InChI is InChI=1S/C29H31N3O5S/c1-19(2)16-23(22-11-6-10-21(17-22)20-8-4-3-5-9-20)29(35)31-15-13-24-27(31)26(34)18-32(24)38(36,37)28-25(33)12-7-14-30-28/h3-11,14,17,19,23-24,27H,12-13,15-16,18H2,1-2H3. The van der Waals surface area contributed by atoms with E-state index in [9.17, 15) is 22.8 Å². The van der Waals surface area contributed by atoms with Gasteiger partial charge in [0.15, 0.2) is 11.6 Å². The van der Waals surface area contributed by atoms with Crippen molar-refractivity contribution < 1.29 is 22.8 Å². The number of likely N-dealkylation sites (tertiary alicyclic amines) is 1. The van der Waals surface area contributed by atoms with Gasteiger partial charge >= 0.3 is 0 Å². The first-order valence-corrected chi connectivity index (χ1v) is 14.4. The number of hydrogen-bond acceptors (Lipinski definition) is 6. The Balaban J connectivity index is 1.43. The number of sulfonamides is 1. The van der Waals surface area contributed by atoms with Crippen LogP contribution < -0.4 is 0 Å². The number of amides is 1. The summed E-state index contributed by atoms with van der Waals surface area (Å²) in [6, 6.07) is 16.3. The molecule has 3 atom stereocenters. The fraction of sp³-hybridized carbons (Fsp3) is 0.379. The Morgan fingerprint density at radius 2 is 1.79 bits per heavy atom. The summed E-state index contributed by atoms with van der Waals surface area (Å²) in [6.45, 7) is 4.02. The zero-order valence-electron chi connectivity index (χ0n) is 21.5. The lowest BCUT2D eigenvalue weighted by Gasteiger charge is -2.29. The highest BCUT2D eigenvalue weighted by Gasteiger charge is 2.55. The molecular weight excluding hydrogens is 502 g/mol. The minimum atomic E-state index is -4.25. The second-order valence-electron chi connectivity index (χ2n) is 10.5. The largest absolute Gasteiger partial charge is 0.330 e. The molecule has 0 aliphatic carbocycles. The van der Waals surface area contributed by atoms with E-state index in [0.29, 0.717) is 12.8 Å². The number of rotatable bonds is 6. The molecule has 0 saturated carbocycles. The van der Waals surface area contributed by atoms with Gasteiger partial charge in [-0.25, -0.2) is 13.4 Å². The normalized spacial score (nSPS) is 22.6. The number of Topliss-reactive ketones (excluding diaryl/α,β-unsaturated/α-hetero) is 2. The van der Waals surface area contributed by atoms with Crippen molar-refractivity contribution in [3.8, 4) is 11.1 Å². The molecule has 5 rings (SSSR count). The summed E-state index contributed by atoms with van der Waals surface area (Å²) < 4.78 is 27.7.